The highest BCUT2D eigenvalue weighted by molar-refractivity contribution is 7.45. The Bertz CT molecular complexity index is 167. The van der Waals surface area contributed by atoms with E-state index in [1.54, 1.807) is 12.4 Å². The molecule has 4 N–H and O–H groups in total. The van der Waals surface area contributed by atoms with Gasteiger partial charge in [-0.25, -0.2) is 4.57 Å². The van der Waals surface area contributed by atoms with Gasteiger partial charge in [-0.05, 0) is 6.07 Å². The average Bonchev–Trinajstić information content (AvgIpc) is 2.07. The van der Waals surface area contributed by atoms with Gasteiger partial charge in [0.2, 0.25) is 0 Å². The molecule has 0 fully saturated rings. The van der Waals surface area contributed by atoms with Gasteiger partial charge in [-0.15, -0.1) is 0 Å². The van der Waals surface area contributed by atoms with E-state index >= 15 is 0 Å². The van der Waals surface area contributed by atoms with Crippen molar-refractivity contribution in [3.05, 3.63) is 18.5 Å². The number of aromatic amines is 1. The Hall–Kier alpha value is -0.680. The van der Waals surface area contributed by atoms with Crippen molar-refractivity contribution in [1.82, 2.24) is 10.2 Å². The molecule has 0 radical (unpaired) electrons. The van der Waals surface area contributed by atoms with Crippen molar-refractivity contribution in [2.75, 3.05) is 0 Å². The minimum absolute atomic E-state index is 1.69. The van der Waals surface area contributed by atoms with Crippen LogP contribution in [0.2, 0.25) is 0 Å². The molecule has 1 aromatic heterocycles. The Morgan fingerprint density at radius 3 is 2.00 bits per heavy atom. The van der Waals surface area contributed by atoms with Gasteiger partial charge in [0.05, 0.1) is 0 Å². The van der Waals surface area contributed by atoms with Gasteiger partial charge in [-0.1, -0.05) is 0 Å². The van der Waals surface area contributed by atoms with Gasteiger partial charge in [0.1, 0.15) is 0 Å². The number of nitrogens with one attached hydrogen (secondary N) is 1. The molecule has 0 amide bonds. The molecule has 0 spiro atoms. The summed E-state index contributed by atoms with van der Waals surface area (Å²) in [5.74, 6) is 0. The maximum atomic E-state index is 8.88. The summed E-state index contributed by atoms with van der Waals surface area (Å²) in [5.41, 5.74) is 0. The molecule has 0 bridgehead atoms. The highest BCUT2D eigenvalue weighted by Crippen LogP contribution is 2.25. The topological polar surface area (TPSA) is 106 Å². The first-order chi connectivity index (χ1) is 4.50. The maximum Gasteiger partial charge on any atom is 0.466 e. The number of nitrogens with zero attached hydrogens (tertiary/aromatic N) is 1. The molecular weight excluding hydrogens is 159 g/mol. The Morgan fingerprint density at radius 2 is 1.90 bits per heavy atom. The van der Waals surface area contributed by atoms with Crippen LogP contribution in [0, 0.1) is 0 Å². The fourth-order valence-electron chi connectivity index (χ4n) is 0.215. The van der Waals surface area contributed by atoms with Gasteiger partial charge < -0.3 is 14.7 Å². The second-order valence-electron chi connectivity index (χ2n) is 1.28. The van der Waals surface area contributed by atoms with E-state index in [0.717, 1.165) is 0 Å². The van der Waals surface area contributed by atoms with E-state index in [1.807, 2.05) is 6.07 Å². The van der Waals surface area contributed by atoms with E-state index in [-0.39, 0.29) is 0 Å². The van der Waals surface area contributed by atoms with Crippen LogP contribution in [-0.2, 0) is 4.57 Å². The third kappa shape index (κ3) is 15.7. The van der Waals surface area contributed by atoms with Crippen LogP contribution in [0.1, 0.15) is 0 Å². The minimum atomic E-state index is -4.64. The van der Waals surface area contributed by atoms with E-state index in [0.29, 0.717) is 0 Å². The highest BCUT2D eigenvalue weighted by Gasteiger charge is 2.00. The van der Waals surface area contributed by atoms with Crippen LogP contribution in [0.3, 0.4) is 0 Å². The van der Waals surface area contributed by atoms with Crippen molar-refractivity contribution in [2.45, 2.75) is 0 Å². The fourth-order valence-corrected chi connectivity index (χ4v) is 0.215. The molecule has 1 rings (SSSR count). The van der Waals surface area contributed by atoms with Gasteiger partial charge >= 0.3 is 7.82 Å². The van der Waals surface area contributed by atoms with Crippen molar-refractivity contribution >= 4 is 7.82 Å². The zero-order valence-electron chi connectivity index (χ0n) is 4.88. The van der Waals surface area contributed by atoms with Gasteiger partial charge in [-0.2, -0.15) is 5.10 Å². The van der Waals surface area contributed by atoms with Crippen LogP contribution in [-0.4, -0.2) is 24.9 Å². The van der Waals surface area contributed by atoms with Gasteiger partial charge in [-0.3, -0.25) is 5.10 Å². The molecule has 0 saturated carbocycles. The molecule has 58 valence electrons. The molecule has 0 aliphatic carbocycles. The first kappa shape index (κ1) is 9.32. The van der Waals surface area contributed by atoms with Crippen molar-refractivity contribution in [3.63, 3.8) is 0 Å². The van der Waals surface area contributed by atoms with E-state index in [9.17, 15) is 0 Å². The van der Waals surface area contributed by atoms with Crippen LogP contribution >= 0.6 is 7.82 Å². The summed E-state index contributed by atoms with van der Waals surface area (Å²) in [6, 6.07) is 1.83. The summed E-state index contributed by atoms with van der Waals surface area (Å²) in [6.45, 7) is 0. The summed E-state index contributed by atoms with van der Waals surface area (Å²) in [7, 11) is -4.64. The predicted octanol–water partition coefficient (Wildman–Crippen LogP) is -0.519. The zero-order valence-corrected chi connectivity index (χ0v) is 5.77. The summed E-state index contributed by atoms with van der Waals surface area (Å²) in [4.78, 5) is 21.6. The van der Waals surface area contributed by atoms with E-state index in [2.05, 4.69) is 10.2 Å². The zero-order chi connectivity index (χ0) is 8.04. The molecular formula is C3H7N2O4P. The van der Waals surface area contributed by atoms with Crippen molar-refractivity contribution in [1.29, 1.82) is 0 Å². The van der Waals surface area contributed by atoms with Crippen molar-refractivity contribution in [3.8, 4) is 0 Å². The highest BCUT2D eigenvalue weighted by atomic mass is 31.2. The first-order valence-corrected chi connectivity index (χ1v) is 3.78. The molecule has 1 aromatic rings. The van der Waals surface area contributed by atoms with Crippen molar-refractivity contribution < 1.29 is 19.2 Å². The largest absolute Gasteiger partial charge is 0.466 e. The van der Waals surface area contributed by atoms with Crippen LogP contribution in [0.25, 0.3) is 0 Å². The van der Waals surface area contributed by atoms with Crippen LogP contribution in [0.5, 0.6) is 0 Å². The predicted molar refractivity (Wildman–Crippen MR) is 32.9 cm³/mol. The summed E-state index contributed by atoms with van der Waals surface area (Å²) >= 11 is 0. The lowest BCUT2D eigenvalue weighted by atomic mass is 10.8. The van der Waals surface area contributed by atoms with E-state index in [1.165, 1.54) is 0 Å². The molecule has 6 nitrogen and oxygen atoms in total. The van der Waals surface area contributed by atoms with Crippen molar-refractivity contribution in [2.24, 2.45) is 0 Å². The van der Waals surface area contributed by atoms with Crippen LogP contribution in [0.15, 0.2) is 18.5 Å². The smallest absolute Gasteiger partial charge is 0.303 e. The monoisotopic (exact) mass is 166 g/mol. The average molecular weight is 166 g/mol. The molecule has 7 heteroatoms. The SMILES string of the molecule is O=P(O)(O)O.c1cn[nH]c1. The summed E-state index contributed by atoms with van der Waals surface area (Å²) in [5, 5.41) is 6.21. The number of H-pyrrole nitrogens is 1. The Kier molecular flexibility index (Phi) is 3.90. The van der Waals surface area contributed by atoms with Gasteiger partial charge in [0.25, 0.3) is 0 Å². The lowest BCUT2D eigenvalue weighted by molar-refractivity contribution is 0.275. The second kappa shape index (κ2) is 4.19. The van der Waals surface area contributed by atoms with E-state index < -0.39 is 7.82 Å². The Balaban J connectivity index is 0.000000162. The lowest BCUT2D eigenvalue weighted by Crippen LogP contribution is -1.66. The standard InChI is InChI=1S/C3H4N2.H3O4P/c1-2-4-5-3-1;1-5(2,3)4/h1-3H,(H,4,5);(H3,1,2,3,4). The normalized spacial score (nSPS) is 9.90. The second-order valence-corrected chi connectivity index (χ2v) is 2.31. The summed E-state index contributed by atoms with van der Waals surface area (Å²) < 4.78 is 8.88. The Labute approximate surface area is 56.8 Å². The maximum absolute atomic E-state index is 8.88. The number of phosphoric acid groups is 1. The molecule has 0 saturated heterocycles. The Morgan fingerprint density at radius 1 is 1.40 bits per heavy atom. The lowest BCUT2D eigenvalue weighted by Gasteiger charge is -1.82. The molecule has 0 unspecified atom stereocenters. The van der Waals surface area contributed by atoms with E-state index in [4.69, 9.17) is 19.2 Å². The number of rotatable bonds is 0. The molecule has 0 aliphatic heterocycles. The minimum Gasteiger partial charge on any atom is -0.303 e. The molecule has 10 heavy (non-hydrogen) atoms. The third-order valence-electron chi connectivity index (χ3n) is 0.406. The van der Waals surface area contributed by atoms with Gasteiger partial charge in [0.15, 0.2) is 0 Å². The molecule has 0 aliphatic rings. The number of hydrogen-bond acceptors (Lipinski definition) is 2. The molecule has 0 aromatic carbocycles. The van der Waals surface area contributed by atoms with Crippen LogP contribution < -0.4 is 0 Å². The summed E-state index contributed by atoms with van der Waals surface area (Å²) in [6.07, 6.45) is 3.46. The molecule has 0 atom stereocenters. The fraction of sp³-hybridized carbons (Fsp3) is 0. The number of aromatic nitrogens is 2. The third-order valence-corrected chi connectivity index (χ3v) is 0.406. The molecule has 1 heterocycles. The van der Waals surface area contributed by atoms with Crippen LogP contribution in [0.4, 0.5) is 0 Å². The first-order valence-electron chi connectivity index (χ1n) is 2.22. The van der Waals surface area contributed by atoms with Gasteiger partial charge in [0, 0.05) is 12.4 Å². The quantitative estimate of drug-likeness (QED) is 0.388. The number of hydrogen-bond donors (Lipinski definition) is 4.